The molecule has 0 unspecified atom stereocenters. The number of carbonyl (C=O) groups excluding carboxylic acids is 1. The molecule has 158 valence electrons. The molecule has 9 nitrogen and oxygen atoms in total. The lowest BCUT2D eigenvalue weighted by Gasteiger charge is -2.21. The third-order valence-corrected chi connectivity index (χ3v) is 6.86. The molecule has 1 saturated heterocycles. The minimum atomic E-state index is -3.65. The van der Waals surface area contributed by atoms with E-state index in [0.29, 0.717) is 36.5 Å². The number of hydrogen-bond donors (Lipinski definition) is 1. The highest BCUT2D eigenvalue weighted by Gasteiger charge is 2.30. The summed E-state index contributed by atoms with van der Waals surface area (Å²) in [6, 6.07) is 7.46. The van der Waals surface area contributed by atoms with E-state index in [1.54, 1.807) is 30.1 Å². The first-order chi connectivity index (χ1) is 14.3. The lowest BCUT2D eigenvalue weighted by Crippen LogP contribution is -2.37. The van der Waals surface area contributed by atoms with Gasteiger partial charge in [-0.2, -0.15) is 14.5 Å². The molecule has 1 aliphatic heterocycles. The normalized spacial score (nSPS) is 15.9. The van der Waals surface area contributed by atoms with Gasteiger partial charge >= 0.3 is 0 Å². The summed E-state index contributed by atoms with van der Waals surface area (Å²) in [5.74, 6) is -0.600. The van der Waals surface area contributed by atoms with Gasteiger partial charge in [0, 0.05) is 45.0 Å². The van der Waals surface area contributed by atoms with Crippen LogP contribution in [0.5, 0.6) is 0 Å². The molecule has 1 N–H and O–H groups in total. The fraction of sp³-hybridized carbons (Fsp3) is 0.316. The number of amides is 1. The van der Waals surface area contributed by atoms with Crippen LogP contribution in [-0.2, 0) is 17.1 Å². The van der Waals surface area contributed by atoms with Gasteiger partial charge in [0.2, 0.25) is 10.0 Å². The molecule has 0 aliphatic carbocycles. The summed E-state index contributed by atoms with van der Waals surface area (Å²) in [7, 11) is -1.99. The molecule has 2 aromatic heterocycles. The number of sulfonamides is 1. The molecular weight excluding hydrogens is 411 g/mol. The minimum absolute atomic E-state index is 0.141. The van der Waals surface area contributed by atoms with E-state index in [4.69, 9.17) is 0 Å². The molecule has 0 spiro atoms. The van der Waals surface area contributed by atoms with Gasteiger partial charge in [-0.1, -0.05) is 0 Å². The van der Waals surface area contributed by atoms with Crippen molar-refractivity contribution in [3.05, 3.63) is 54.2 Å². The van der Waals surface area contributed by atoms with Crippen LogP contribution in [0.4, 0.5) is 4.39 Å². The molecular formula is C19H21FN6O3S. The summed E-state index contributed by atoms with van der Waals surface area (Å²) in [5, 5.41) is 10.8. The SMILES string of the molecule is Cn1cc(S(=O)(=O)N2CCCN(C(=O)c3cc(-c4ccc(F)cc4)n[nH]3)CC2)cn1. The van der Waals surface area contributed by atoms with E-state index < -0.39 is 10.0 Å². The number of aromatic amines is 1. The topological polar surface area (TPSA) is 104 Å². The van der Waals surface area contributed by atoms with Crippen LogP contribution in [0.2, 0.25) is 0 Å². The first-order valence-corrected chi connectivity index (χ1v) is 10.9. The maximum atomic E-state index is 13.1. The highest BCUT2D eigenvalue weighted by molar-refractivity contribution is 7.89. The third-order valence-electron chi connectivity index (χ3n) is 5.01. The van der Waals surface area contributed by atoms with Crippen molar-refractivity contribution < 1.29 is 17.6 Å². The third kappa shape index (κ3) is 3.98. The molecule has 0 radical (unpaired) electrons. The van der Waals surface area contributed by atoms with Gasteiger partial charge in [0.25, 0.3) is 5.91 Å². The van der Waals surface area contributed by atoms with Gasteiger partial charge in [-0.15, -0.1) is 0 Å². The van der Waals surface area contributed by atoms with Gasteiger partial charge < -0.3 is 4.90 Å². The molecule has 3 heterocycles. The standard InChI is InChI=1S/C19H21FN6O3S/c1-24-13-16(12-21-24)30(28,29)26-8-2-7-25(9-10-26)19(27)18-11-17(22-23-18)14-3-5-15(20)6-4-14/h3-6,11-13H,2,7-10H2,1H3,(H,22,23). The number of halogens is 1. The number of nitrogens with one attached hydrogen (secondary N) is 1. The summed E-state index contributed by atoms with van der Waals surface area (Å²) in [6.45, 7) is 1.22. The van der Waals surface area contributed by atoms with Crippen molar-refractivity contribution in [3.8, 4) is 11.3 Å². The highest BCUT2D eigenvalue weighted by atomic mass is 32.2. The van der Waals surface area contributed by atoms with E-state index >= 15 is 0 Å². The number of aryl methyl sites for hydroxylation is 1. The maximum absolute atomic E-state index is 13.1. The van der Waals surface area contributed by atoms with E-state index in [2.05, 4.69) is 15.3 Å². The van der Waals surface area contributed by atoms with E-state index in [1.807, 2.05) is 0 Å². The Morgan fingerprint density at radius 1 is 1.13 bits per heavy atom. The zero-order valence-electron chi connectivity index (χ0n) is 16.3. The van der Waals surface area contributed by atoms with Crippen LogP contribution >= 0.6 is 0 Å². The molecule has 1 fully saturated rings. The van der Waals surface area contributed by atoms with Crippen LogP contribution in [0.15, 0.2) is 47.6 Å². The average molecular weight is 432 g/mol. The number of rotatable bonds is 4. The van der Waals surface area contributed by atoms with E-state index in [1.165, 1.54) is 33.5 Å². The average Bonchev–Trinajstić information content (AvgIpc) is 3.31. The fourth-order valence-corrected chi connectivity index (χ4v) is 4.84. The highest BCUT2D eigenvalue weighted by Crippen LogP contribution is 2.20. The molecule has 0 bridgehead atoms. The van der Waals surface area contributed by atoms with Crippen molar-refractivity contribution in [2.24, 2.45) is 7.05 Å². The van der Waals surface area contributed by atoms with Gasteiger partial charge in [0.05, 0.1) is 11.9 Å². The molecule has 4 rings (SSSR count). The van der Waals surface area contributed by atoms with Crippen molar-refractivity contribution in [3.63, 3.8) is 0 Å². The number of nitrogens with zero attached hydrogens (tertiary/aromatic N) is 5. The van der Waals surface area contributed by atoms with Crippen molar-refractivity contribution in [1.82, 2.24) is 29.2 Å². The predicted molar refractivity (Wildman–Crippen MR) is 106 cm³/mol. The van der Waals surface area contributed by atoms with Crippen molar-refractivity contribution in [2.75, 3.05) is 26.2 Å². The van der Waals surface area contributed by atoms with Gasteiger partial charge in [-0.05, 0) is 36.8 Å². The Balaban J connectivity index is 1.46. The quantitative estimate of drug-likeness (QED) is 0.673. The number of hydrogen-bond acceptors (Lipinski definition) is 5. The Morgan fingerprint density at radius 2 is 1.90 bits per heavy atom. The van der Waals surface area contributed by atoms with Crippen LogP contribution in [0.1, 0.15) is 16.9 Å². The number of benzene rings is 1. The number of H-pyrrole nitrogens is 1. The maximum Gasteiger partial charge on any atom is 0.271 e. The van der Waals surface area contributed by atoms with Crippen molar-refractivity contribution >= 4 is 15.9 Å². The second-order valence-electron chi connectivity index (χ2n) is 7.07. The predicted octanol–water partition coefficient (Wildman–Crippen LogP) is 1.49. The Labute approximate surface area is 173 Å². The van der Waals surface area contributed by atoms with Crippen LogP contribution in [-0.4, -0.2) is 69.7 Å². The molecule has 1 amide bonds. The van der Waals surface area contributed by atoms with E-state index in [0.717, 1.165) is 0 Å². The monoisotopic (exact) mass is 432 g/mol. The van der Waals surface area contributed by atoms with Crippen molar-refractivity contribution in [1.29, 1.82) is 0 Å². The van der Waals surface area contributed by atoms with Gasteiger partial charge in [0.15, 0.2) is 0 Å². The smallest absolute Gasteiger partial charge is 0.271 e. The number of aromatic nitrogens is 4. The van der Waals surface area contributed by atoms with Gasteiger partial charge in [-0.25, -0.2) is 12.8 Å². The summed E-state index contributed by atoms with van der Waals surface area (Å²) < 4.78 is 41.5. The summed E-state index contributed by atoms with van der Waals surface area (Å²) in [4.78, 5) is 14.6. The fourth-order valence-electron chi connectivity index (χ4n) is 3.39. The minimum Gasteiger partial charge on any atom is -0.336 e. The lowest BCUT2D eigenvalue weighted by atomic mass is 10.1. The largest absolute Gasteiger partial charge is 0.336 e. The Kier molecular flexibility index (Phi) is 5.39. The second kappa shape index (κ2) is 8.00. The molecule has 11 heteroatoms. The first-order valence-electron chi connectivity index (χ1n) is 9.44. The zero-order valence-corrected chi connectivity index (χ0v) is 17.1. The summed E-state index contributed by atoms with van der Waals surface area (Å²) >= 11 is 0. The number of carbonyl (C=O) groups is 1. The zero-order chi connectivity index (χ0) is 21.3. The molecule has 1 aliphatic rings. The van der Waals surface area contributed by atoms with Gasteiger partial charge in [-0.3, -0.25) is 14.6 Å². The second-order valence-corrected chi connectivity index (χ2v) is 9.01. The van der Waals surface area contributed by atoms with Crippen LogP contribution < -0.4 is 0 Å². The lowest BCUT2D eigenvalue weighted by molar-refractivity contribution is 0.0758. The molecule has 30 heavy (non-hydrogen) atoms. The summed E-state index contributed by atoms with van der Waals surface area (Å²) in [6.07, 6.45) is 3.31. The van der Waals surface area contributed by atoms with Crippen molar-refractivity contribution in [2.45, 2.75) is 11.3 Å². The van der Waals surface area contributed by atoms with Gasteiger partial charge in [0.1, 0.15) is 16.4 Å². The van der Waals surface area contributed by atoms with Crippen LogP contribution in [0.25, 0.3) is 11.3 Å². The molecule has 1 aromatic carbocycles. The Morgan fingerprint density at radius 3 is 2.60 bits per heavy atom. The Hall–Kier alpha value is -3.05. The van der Waals surface area contributed by atoms with Crippen LogP contribution in [0, 0.1) is 5.82 Å². The Bertz CT molecular complexity index is 1160. The van der Waals surface area contributed by atoms with E-state index in [9.17, 15) is 17.6 Å². The molecule has 0 saturated carbocycles. The molecule has 3 aromatic rings. The van der Waals surface area contributed by atoms with E-state index in [-0.39, 0.29) is 29.7 Å². The molecule has 0 atom stereocenters. The first kappa shape index (κ1) is 20.2. The van der Waals surface area contributed by atoms with Crippen LogP contribution in [0.3, 0.4) is 0 Å². The summed E-state index contributed by atoms with van der Waals surface area (Å²) in [5.41, 5.74) is 1.53.